The minimum Gasteiger partial charge on any atom is -0.385 e. The highest BCUT2D eigenvalue weighted by molar-refractivity contribution is 5.97. The van der Waals surface area contributed by atoms with E-state index in [-0.39, 0.29) is 11.8 Å². The molecule has 5 nitrogen and oxygen atoms in total. The van der Waals surface area contributed by atoms with Crippen LogP contribution in [0.15, 0.2) is 24.3 Å². The van der Waals surface area contributed by atoms with Gasteiger partial charge in [0.25, 0.3) is 11.8 Å². The molecule has 1 rings (SSSR count). The maximum Gasteiger partial charge on any atom is 0.253 e. The molecular weight excluding hydrogens is 268 g/mol. The number of amides is 2. The number of hydrogen-bond donors (Lipinski definition) is 1. The fourth-order valence-corrected chi connectivity index (χ4v) is 1.98. The third-order valence-electron chi connectivity index (χ3n) is 3.26. The Bertz CT molecular complexity index is 453. The van der Waals surface area contributed by atoms with Crippen molar-refractivity contribution in [1.82, 2.24) is 10.2 Å². The van der Waals surface area contributed by atoms with Gasteiger partial charge in [0.15, 0.2) is 0 Å². The molecule has 1 N–H and O–H groups in total. The van der Waals surface area contributed by atoms with Gasteiger partial charge >= 0.3 is 0 Å². The zero-order valence-corrected chi connectivity index (χ0v) is 13.0. The second-order valence-electron chi connectivity index (χ2n) is 4.66. The molecule has 0 unspecified atom stereocenters. The van der Waals surface area contributed by atoms with Crippen LogP contribution >= 0.6 is 0 Å². The molecular formula is C16H24N2O3. The summed E-state index contributed by atoms with van der Waals surface area (Å²) in [6.07, 6.45) is 0.779. The van der Waals surface area contributed by atoms with Gasteiger partial charge in [0.1, 0.15) is 0 Å². The van der Waals surface area contributed by atoms with Crippen LogP contribution in [0.1, 0.15) is 41.0 Å². The van der Waals surface area contributed by atoms with E-state index in [0.717, 1.165) is 6.42 Å². The first-order chi connectivity index (χ1) is 10.1. The van der Waals surface area contributed by atoms with Gasteiger partial charge in [-0.2, -0.15) is 0 Å². The molecule has 0 aromatic heterocycles. The van der Waals surface area contributed by atoms with Gasteiger partial charge in [-0.3, -0.25) is 9.59 Å². The van der Waals surface area contributed by atoms with E-state index < -0.39 is 0 Å². The van der Waals surface area contributed by atoms with Crippen LogP contribution in [0, 0.1) is 0 Å². The van der Waals surface area contributed by atoms with Crippen LogP contribution in [0.3, 0.4) is 0 Å². The summed E-state index contributed by atoms with van der Waals surface area (Å²) in [5.74, 6) is -0.139. The van der Waals surface area contributed by atoms with Crippen molar-refractivity contribution in [3.8, 4) is 0 Å². The summed E-state index contributed by atoms with van der Waals surface area (Å²) in [6, 6.07) is 6.76. The molecule has 0 bridgehead atoms. The van der Waals surface area contributed by atoms with Gasteiger partial charge in [-0.25, -0.2) is 0 Å². The quantitative estimate of drug-likeness (QED) is 0.745. The summed E-state index contributed by atoms with van der Waals surface area (Å²) < 4.78 is 4.92. The zero-order chi connectivity index (χ0) is 15.7. The van der Waals surface area contributed by atoms with Crippen LogP contribution in [0.5, 0.6) is 0 Å². The average molecular weight is 292 g/mol. The second kappa shape index (κ2) is 9.13. The van der Waals surface area contributed by atoms with Gasteiger partial charge in [-0.05, 0) is 44.5 Å². The van der Waals surface area contributed by atoms with Gasteiger partial charge in [0.2, 0.25) is 0 Å². The smallest absolute Gasteiger partial charge is 0.253 e. The van der Waals surface area contributed by atoms with Crippen molar-refractivity contribution < 1.29 is 14.3 Å². The number of nitrogens with zero attached hydrogens (tertiary/aromatic N) is 1. The fourth-order valence-electron chi connectivity index (χ4n) is 1.98. The topological polar surface area (TPSA) is 58.6 Å². The van der Waals surface area contributed by atoms with Crippen LogP contribution in [0.2, 0.25) is 0 Å². The Balaban J connectivity index is 2.61. The largest absolute Gasteiger partial charge is 0.385 e. The Labute approximate surface area is 126 Å². The van der Waals surface area contributed by atoms with E-state index in [4.69, 9.17) is 4.74 Å². The number of methoxy groups -OCH3 is 1. The van der Waals surface area contributed by atoms with Gasteiger partial charge in [-0.15, -0.1) is 0 Å². The molecule has 5 heteroatoms. The number of carbonyl (C=O) groups excluding carboxylic acids is 2. The van der Waals surface area contributed by atoms with E-state index in [9.17, 15) is 9.59 Å². The van der Waals surface area contributed by atoms with Crippen molar-refractivity contribution in [2.75, 3.05) is 33.4 Å². The lowest BCUT2D eigenvalue weighted by Crippen LogP contribution is -2.30. The Morgan fingerprint density at radius 3 is 2.19 bits per heavy atom. The first-order valence-corrected chi connectivity index (χ1v) is 7.30. The summed E-state index contributed by atoms with van der Waals surface area (Å²) in [5, 5.41) is 2.81. The van der Waals surface area contributed by atoms with Gasteiger partial charge in [0, 0.05) is 44.5 Å². The van der Waals surface area contributed by atoms with Crippen LogP contribution in [0.4, 0.5) is 0 Å². The highest BCUT2D eigenvalue weighted by Gasteiger charge is 2.13. The maximum atomic E-state index is 12.1. The number of benzene rings is 1. The third-order valence-corrected chi connectivity index (χ3v) is 3.26. The van der Waals surface area contributed by atoms with Crippen molar-refractivity contribution in [2.24, 2.45) is 0 Å². The van der Waals surface area contributed by atoms with Crippen molar-refractivity contribution in [2.45, 2.75) is 20.3 Å². The number of ether oxygens (including phenoxy) is 1. The predicted molar refractivity (Wildman–Crippen MR) is 82.5 cm³/mol. The fraction of sp³-hybridized carbons (Fsp3) is 0.500. The molecule has 0 saturated heterocycles. The van der Waals surface area contributed by atoms with Crippen molar-refractivity contribution in [3.63, 3.8) is 0 Å². The lowest BCUT2D eigenvalue weighted by Gasteiger charge is -2.18. The SMILES string of the molecule is CCN(CC)C(=O)c1ccc(C(=O)NCCCOC)cc1. The maximum absolute atomic E-state index is 12.1. The standard InChI is InChI=1S/C16H24N2O3/c1-4-18(5-2)16(20)14-9-7-13(8-10-14)15(19)17-11-6-12-21-3/h7-10H,4-6,11-12H2,1-3H3,(H,17,19). The van der Waals surface area contributed by atoms with Crippen molar-refractivity contribution in [1.29, 1.82) is 0 Å². The minimum atomic E-state index is -0.132. The van der Waals surface area contributed by atoms with E-state index in [0.29, 0.717) is 37.4 Å². The van der Waals surface area contributed by atoms with E-state index in [1.807, 2.05) is 13.8 Å². The lowest BCUT2D eigenvalue weighted by atomic mass is 10.1. The molecule has 0 saturated carbocycles. The number of nitrogens with one attached hydrogen (secondary N) is 1. The minimum absolute atomic E-state index is 0.00736. The van der Waals surface area contributed by atoms with Crippen LogP contribution in [-0.2, 0) is 4.74 Å². The number of carbonyl (C=O) groups is 2. The molecule has 0 heterocycles. The third kappa shape index (κ3) is 5.19. The van der Waals surface area contributed by atoms with E-state index in [1.54, 1.807) is 36.3 Å². The van der Waals surface area contributed by atoms with E-state index in [1.165, 1.54) is 0 Å². The molecule has 0 radical (unpaired) electrons. The van der Waals surface area contributed by atoms with Crippen LogP contribution in [0.25, 0.3) is 0 Å². The van der Waals surface area contributed by atoms with Gasteiger partial charge < -0.3 is 15.0 Å². The molecule has 0 fully saturated rings. The summed E-state index contributed by atoms with van der Waals surface area (Å²) in [4.78, 5) is 25.8. The van der Waals surface area contributed by atoms with Crippen molar-refractivity contribution >= 4 is 11.8 Å². The molecule has 1 aromatic carbocycles. The molecule has 0 aliphatic rings. The van der Waals surface area contributed by atoms with Gasteiger partial charge in [-0.1, -0.05) is 0 Å². The Hall–Kier alpha value is -1.88. The van der Waals surface area contributed by atoms with Crippen molar-refractivity contribution in [3.05, 3.63) is 35.4 Å². The second-order valence-corrected chi connectivity index (χ2v) is 4.66. The highest BCUT2D eigenvalue weighted by Crippen LogP contribution is 2.08. The first kappa shape index (κ1) is 17.2. The highest BCUT2D eigenvalue weighted by atomic mass is 16.5. The predicted octanol–water partition coefficient (Wildman–Crippen LogP) is 1.93. The molecule has 21 heavy (non-hydrogen) atoms. The molecule has 0 aliphatic carbocycles. The monoisotopic (exact) mass is 292 g/mol. The molecule has 0 spiro atoms. The molecule has 2 amide bonds. The Morgan fingerprint density at radius 1 is 1.10 bits per heavy atom. The molecule has 116 valence electrons. The van der Waals surface area contributed by atoms with E-state index >= 15 is 0 Å². The number of hydrogen-bond acceptors (Lipinski definition) is 3. The first-order valence-electron chi connectivity index (χ1n) is 7.30. The zero-order valence-electron chi connectivity index (χ0n) is 13.0. The number of rotatable bonds is 8. The Kier molecular flexibility index (Phi) is 7.46. The van der Waals surface area contributed by atoms with Gasteiger partial charge in [0.05, 0.1) is 0 Å². The summed E-state index contributed by atoms with van der Waals surface area (Å²) in [6.45, 7) is 6.45. The average Bonchev–Trinajstić information content (AvgIpc) is 2.52. The normalized spacial score (nSPS) is 10.2. The summed E-state index contributed by atoms with van der Waals surface area (Å²) in [5.41, 5.74) is 1.16. The lowest BCUT2D eigenvalue weighted by molar-refractivity contribution is 0.0772. The summed E-state index contributed by atoms with van der Waals surface area (Å²) in [7, 11) is 1.63. The summed E-state index contributed by atoms with van der Waals surface area (Å²) >= 11 is 0. The van der Waals surface area contributed by atoms with Crippen LogP contribution < -0.4 is 5.32 Å². The molecule has 0 aliphatic heterocycles. The molecule has 1 aromatic rings. The Morgan fingerprint density at radius 2 is 1.67 bits per heavy atom. The van der Waals surface area contributed by atoms with E-state index in [2.05, 4.69) is 5.32 Å². The van der Waals surface area contributed by atoms with Crippen LogP contribution in [-0.4, -0.2) is 50.1 Å². The molecule has 0 atom stereocenters.